The molecule has 2 aromatic carbocycles. The molecule has 2 rings (SSSR count). The topological polar surface area (TPSA) is 64.9 Å². The number of nitriles is 1. The van der Waals surface area contributed by atoms with Gasteiger partial charge < -0.3 is 10.6 Å². The summed E-state index contributed by atoms with van der Waals surface area (Å²) in [6, 6.07) is 10.8. The molecule has 0 bridgehead atoms. The van der Waals surface area contributed by atoms with Gasteiger partial charge in [0.1, 0.15) is 17.5 Å². The number of hydrogen-bond acceptors (Lipinski definition) is 3. The minimum absolute atomic E-state index is 0.0668. The number of amides is 1. The van der Waals surface area contributed by atoms with Crippen LogP contribution in [0.15, 0.2) is 60.3 Å². The smallest absolute Gasteiger partial charge is 0.360 e. The number of nitrogens with one attached hydrogen (secondary N) is 2. The number of nitrogens with zero attached hydrogens (tertiary/aromatic N) is 1. The molecule has 0 saturated carbocycles. The van der Waals surface area contributed by atoms with Gasteiger partial charge in [-0.25, -0.2) is 4.39 Å². The van der Waals surface area contributed by atoms with Gasteiger partial charge in [-0.15, -0.1) is 0 Å². The van der Waals surface area contributed by atoms with E-state index in [1.165, 1.54) is 24.3 Å². The molecule has 25 heavy (non-hydrogen) atoms. The molecule has 0 aliphatic carbocycles. The summed E-state index contributed by atoms with van der Waals surface area (Å²) in [5, 5.41) is 13.9. The molecule has 4 nitrogen and oxygen atoms in total. The van der Waals surface area contributed by atoms with Crippen LogP contribution in [0.5, 0.6) is 0 Å². The molecular formula is C17H11F4N3O. The molecule has 0 fully saturated rings. The molecule has 0 heterocycles. The molecule has 0 atom stereocenters. The van der Waals surface area contributed by atoms with Crippen LogP contribution in [0.1, 0.15) is 5.56 Å². The van der Waals surface area contributed by atoms with E-state index in [2.05, 4.69) is 10.6 Å². The minimum atomic E-state index is -4.50. The first kappa shape index (κ1) is 18.0. The van der Waals surface area contributed by atoms with E-state index in [-0.39, 0.29) is 16.9 Å². The van der Waals surface area contributed by atoms with Gasteiger partial charge in [-0.1, -0.05) is 6.07 Å². The van der Waals surface area contributed by atoms with Crippen molar-refractivity contribution < 1.29 is 22.4 Å². The number of benzene rings is 2. The van der Waals surface area contributed by atoms with Gasteiger partial charge in [0.15, 0.2) is 0 Å². The third-order valence-electron chi connectivity index (χ3n) is 3.04. The Balaban J connectivity index is 2.11. The Bertz CT molecular complexity index is 836. The summed E-state index contributed by atoms with van der Waals surface area (Å²) in [5.41, 5.74) is -0.884. The molecule has 8 heteroatoms. The molecule has 0 radical (unpaired) electrons. The van der Waals surface area contributed by atoms with E-state index in [0.717, 1.165) is 30.5 Å². The van der Waals surface area contributed by atoms with Gasteiger partial charge in [0, 0.05) is 17.6 Å². The van der Waals surface area contributed by atoms with Gasteiger partial charge in [0.05, 0.1) is 5.56 Å². The van der Waals surface area contributed by atoms with Crippen LogP contribution in [0.25, 0.3) is 0 Å². The lowest BCUT2D eigenvalue weighted by Gasteiger charge is -2.09. The summed E-state index contributed by atoms with van der Waals surface area (Å²) in [4.78, 5) is 12.0. The number of rotatable bonds is 4. The maximum atomic E-state index is 12.8. The lowest BCUT2D eigenvalue weighted by molar-refractivity contribution is -0.137. The molecule has 2 aromatic rings. The van der Waals surface area contributed by atoms with E-state index in [9.17, 15) is 22.4 Å². The molecule has 1 amide bonds. The Morgan fingerprint density at radius 1 is 1.08 bits per heavy atom. The minimum Gasteiger partial charge on any atom is -0.360 e. The van der Waals surface area contributed by atoms with E-state index in [4.69, 9.17) is 5.26 Å². The monoisotopic (exact) mass is 349 g/mol. The number of carbonyl (C=O) groups excluding carboxylic acids is 1. The van der Waals surface area contributed by atoms with E-state index < -0.39 is 23.5 Å². The Hall–Kier alpha value is -3.34. The molecule has 0 spiro atoms. The second kappa shape index (κ2) is 7.49. The van der Waals surface area contributed by atoms with Crippen molar-refractivity contribution in [2.24, 2.45) is 0 Å². The average molecular weight is 349 g/mol. The zero-order chi connectivity index (χ0) is 18.4. The third-order valence-corrected chi connectivity index (χ3v) is 3.04. The summed E-state index contributed by atoms with van der Waals surface area (Å²) in [7, 11) is 0. The molecule has 0 unspecified atom stereocenters. The summed E-state index contributed by atoms with van der Waals surface area (Å²) in [6.45, 7) is 0. The zero-order valence-corrected chi connectivity index (χ0v) is 12.6. The largest absolute Gasteiger partial charge is 0.416 e. The van der Waals surface area contributed by atoms with Crippen LogP contribution < -0.4 is 10.6 Å². The van der Waals surface area contributed by atoms with Crippen molar-refractivity contribution >= 4 is 17.3 Å². The zero-order valence-electron chi connectivity index (χ0n) is 12.6. The van der Waals surface area contributed by atoms with Crippen molar-refractivity contribution in [3.63, 3.8) is 0 Å². The first-order chi connectivity index (χ1) is 11.8. The maximum absolute atomic E-state index is 12.8. The van der Waals surface area contributed by atoms with Gasteiger partial charge in [-0.05, 0) is 42.5 Å². The molecule has 0 aliphatic rings. The molecular weight excluding hydrogens is 338 g/mol. The highest BCUT2D eigenvalue weighted by atomic mass is 19.4. The van der Waals surface area contributed by atoms with Gasteiger partial charge in [-0.3, -0.25) is 4.79 Å². The SMILES string of the molecule is N#C/C(=C/Nc1cccc(C(F)(F)F)c1)C(=O)Nc1ccc(F)cc1. The van der Waals surface area contributed by atoms with E-state index in [1.807, 2.05) is 0 Å². The maximum Gasteiger partial charge on any atom is 0.416 e. The normalized spacial score (nSPS) is 11.6. The van der Waals surface area contributed by atoms with Gasteiger partial charge in [-0.2, -0.15) is 18.4 Å². The van der Waals surface area contributed by atoms with Gasteiger partial charge >= 0.3 is 6.18 Å². The lowest BCUT2D eigenvalue weighted by atomic mass is 10.2. The number of carbonyl (C=O) groups is 1. The molecule has 0 aromatic heterocycles. The highest BCUT2D eigenvalue weighted by Crippen LogP contribution is 2.30. The van der Waals surface area contributed by atoms with Crippen LogP contribution in [0.4, 0.5) is 28.9 Å². The first-order valence-electron chi connectivity index (χ1n) is 6.90. The molecule has 128 valence electrons. The highest BCUT2D eigenvalue weighted by Gasteiger charge is 2.30. The predicted octanol–water partition coefficient (Wildman–Crippen LogP) is 4.30. The van der Waals surface area contributed by atoms with Gasteiger partial charge in [0.2, 0.25) is 0 Å². The van der Waals surface area contributed by atoms with E-state index in [1.54, 1.807) is 6.07 Å². The van der Waals surface area contributed by atoms with Crippen molar-refractivity contribution in [2.75, 3.05) is 10.6 Å². The fraction of sp³-hybridized carbons (Fsp3) is 0.0588. The second-order valence-corrected chi connectivity index (χ2v) is 4.85. The van der Waals surface area contributed by atoms with E-state index >= 15 is 0 Å². The highest BCUT2D eigenvalue weighted by molar-refractivity contribution is 6.06. The van der Waals surface area contributed by atoms with Crippen molar-refractivity contribution in [1.82, 2.24) is 0 Å². The van der Waals surface area contributed by atoms with Crippen LogP contribution in [-0.4, -0.2) is 5.91 Å². The summed E-state index contributed by atoms with van der Waals surface area (Å²) in [5.74, 6) is -1.27. The predicted molar refractivity (Wildman–Crippen MR) is 83.8 cm³/mol. The average Bonchev–Trinajstić information content (AvgIpc) is 2.57. The Kier molecular flexibility index (Phi) is 5.39. The standard InChI is InChI=1S/C17H11F4N3O/c18-13-4-6-14(7-5-13)24-16(25)11(9-22)10-23-15-3-1-2-12(8-15)17(19,20)21/h1-8,10,23H,(H,24,25)/b11-10-. The van der Waals surface area contributed by atoms with Crippen molar-refractivity contribution in [2.45, 2.75) is 6.18 Å². The van der Waals surface area contributed by atoms with Crippen molar-refractivity contribution in [3.8, 4) is 6.07 Å². The first-order valence-corrected chi connectivity index (χ1v) is 6.90. The van der Waals surface area contributed by atoms with Crippen LogP contribution in [-0.2, 0) is 11.0 Å². The lowest BCUT2D eigenvalue weighted by Crippen LogP contribution is -2.14. The Labute approximate surface area is 140 Å². The van der Waals surface area contributed by atoms with Crippen LogP contribution in [0.2, 0.25) is 0 Å². The number of halogens is 4. The Morgan fingerprint density at radius 3 is 2.36 bits per heavy atom. The Morgan fingerprint density at radius 2 is 1.76 bits per heavy atom. The molecule has 0 aliphatic heterocycles. The number of alkyl halides is 3. The fourth-order valence-electron chi connectivity index (χ4n) is 1.82. The number of hydrogen-bond donors (Lipinski definition) is 2. The van der Waals surface area contributed by atoms with Gasteiger partial charge in [0.25, 0.3) is 5.91 Å². The number of anilines is 2. The quantitative estimate of drug-likeness (QED) is 0.491. The second-order valence-electron chi connectivity index (χ2n) is 4.85. The van der Waals surface area contributed by atoms with E-state index in [0.29, 0.717) is 0 Å². The van der Waals surface area contributed by atoms with Crippen LogP contribution in [0.3, 0.4) is 0 Å². The third kappa shape index (κ3) is 5.07. The fourth-order valence-corrected chi connectivity index (χ4v) is 1.82. The molecule has 0 saturated heterocycles. The van der Waals surface area contributed by atoms with Crippen LogP contribution in [0, 0.1) is 17.1 Å². The summed E-state index contributed by atoms with van der Waals surface area (Å²) < 4.78 is 50.7. The molecule has 2 N–H and O–H groups in total. The van der Waals surface area contributed by atoms with Crippen molar-refractivity contribution in [1.29, 1.82) is 5.26 Å². The van der Waals surface area contributed by atoms with Crippen LogP contribution >= 0.6 is 0 Å². The summed E-state index contributed by atoms with van der Waals surface area (Å²) in [6.07, 6.45) is -3.51. The van der Waals surface area contributed by atoms with Crippen molar-refractivity contribution in [3.05, 3.63) is 71.7 Å². The summed E-state index contributed by atoms with van der Waals surface area (Å²) >= 11 is 0.